The molecule has 18 heavy (non-hydrogen) atoms. The number of hydrogen-bond acceptors (Lipinski definition) is 5. The number of nitrogen functional groups attached to an aromatic ring is 1. The number of aromatic nitrogens is 1. The van der Waals surface area contributed by atoms with Crippen LogP contribution in [0.15, 0.2) is 18.5 Å². The van der Waals surface area contributed by atoms with Crippen LogP contribution in [0, 0.1) is 0 Å². The summed E-state index contributed by atoms with van der Waals surface area (Å²) in [5.74, 6) is -0.259. The molecular formula is C11H15N3O3S. The predicted octanol–water partition coefficient (Wildman–Crippen LogP) is -0.0771. The predicted molar refractivity (Wildman–Crippen MR) is 67.8 cm³/mol. The average Bonchev–Trinajstić information content (AvgIpc) is 2.27. The molecule has 2 rings (SSSR count). The van der Waals surface area contributed by atoms with Gasteiger partial charge in [0.2, 0.25) is 0 Å². The third kappa shape index (κ3) is 2.45. The Balaban J connectivity index is 2.23. The number of anilines is 1. The van der Waals surface area contributed by atoms with Crippen molar-refractivity contribution in [3.8, 4) is 0 Å². The molecule has 0 saturated carbocycles. The summed E-state index contributed by atoms with van der Waals surface area (Å²) in [6.45, 7) is 1.93. The molecule has 7 heteroatoms. The van der Waals surface area contributed by atoms with Gasteiger partial charge >= 0.3 is 0 Å². The van der Waals surface area contributed by atoms with E-state index in [1.807, 2.05) is 0 Å². The molecule has 1 amide bonds. The first kappa shape index (κ1) is 12.8. The van der Waals surface area contributed by atoms with Crippen LogP contribution in [0.2, 0.25) is 0 Å². The maximum absolute atomic E-state index is 12.3. The molecule has 0 aliphatic carbocycles. The van der Waals surface area contributed by atoms with Crippen LogP contribution >= 0.6 is 0 Å². The van der Waals surface area contributed by atoms with Gasteiger partial charge in [0, 0.05) is 30.7 Å². The Kier molecular flexibility index (Phi) is 3.25. The lowest BCUT2D eigenvalue weighted by Crippen LogP contribution is -2.49. The molecule has 1 aromatic heterocycles. The van der Waals surface area contributed by atoms with Crippen molar-refractivity contribution in [2.45, 2.75) is 13.0 Å². The van der Waals surface area contributed by atoms with E-state index in [9.17, 15) is 13.2 Å². The highest BCUT2D eigenvalue weighted by atomic mass is 32.2. The lowest BCUT2D eigenvalue weighted by Gasteiger charge is -2.33. The highest BCUT2D eigenvalue weighted by Crippen LogP contribution is 2.18. The minimum Gasteiger partial charge on any atom is -0.398 e. The molecule has 1 aromatic rings. The maximum atomic E-state index is 12.3. The highest BCUT2D eigenvalue weighted by molar-refractivity contribution is 7.91. The first-order valence-electron chi connectivity index (χ1n) is 5.61. The zero-order valence-corrected chi connectivity index (χ0v) is 10.9. The van der Waals surface area contributed by atoms with Gasteiger partial charge in [-0.2, -0.15) is 0 Å². The van der Waals surface area contributed by atoms with Gasteiger partial charge in [0.15, 0.2) is 9.84 Å². The molecule has 1 aliphatic rings. The van der Waals surface area contributed by atoms with Gasteiger partial charge in [-0.1, -0.05) is 0 Å². The number of hydrogen-bond donors (Lipinski definition) is 1. The van der Waals surface area contributed by atoms with Crippen LogP contribution < -0.4 is 5.73 Å². The van der Waals surface area contributed by atoms with E-state index in [1.165, 1.54) is 17.3 Å². The normalized spacial score (nSPS) is 22.7. The SMILES string of the molecule is CC1CS(=O)(=O)CCN1C(=O)c1cnccc1N. The van der Waals surface area contributed by atoms with Gasteiger partial charge in [-0.25, -0.2) is 8.42 Å². The van der Waals surface area contributed by atoms with Crippen molar-refractivity contribution in [2.75, 3.05) is 23.8 Å². The Labute approximate surface area is 106 Å². The molecule has 1 saturated heterocycles. The van der Waals surface area contributed by atoms with Crippen molar-refractivity contribution in [1.82, 2.24) is 9.88 Å². The molecule has 2 N–H and O–H groups in total. The third-order valence-electron chi connectivity index (χ3n) is 3.02. The summed E-state index contributed by atoms with van der Waals surface area (Å²) < 4.78 is 22.9. The lowest BCUT2D eigenvalue weighted by atomic mass is 10.2. The zero-order valence-electron chi connectivity index (χ0n) is 10.0. The van der Waals surface area contributed by atoms with Crippen LogP contribution in [0.4, 0.5) is 5.69 Å². The first-order valence-corrected chi connectivity index (χ1v) is 7.44. The molecule has 98 valence electrons. The van der Waals surface area contributed by atoms with Gasteiger partial charge in [0.05, 0.1) is 17.1 Å². The summed E-state index contributed by atoms with van der Waals surface area (Å²) >= 11 is 0. The van der Waals surface area contributed by atoms with E-state index in [1.54, 1.807) is 13.0 Å². The van der Waals surface area contributed by atoms with E-state index >= 15 is 0 Å². The molecular weight excluding hydrogens is 254 g/mol. The van der Waals surface area contributed by atoms with Crippen LogP contribution in [-0.2, 0) is 9.84 Å². The number of carbonyl (C=O) groups excluding carboxylic acids is 1. The van der Waals surface area contributed by atoms with Gasteiger partial charge in [0.25, 0.3) is 5.91 Å². The van der Waals surface area contributed by atoms with E-state index in [4.69, 9.17) is 5.73 Å². The number of rotatable bonds is 1. The zero-order chi connectivity index (χ0) is 13.3. The third-order valence-corrected chi connectivity index (χ3v) is 4.81. The lowest BCUT2D eigenvalue weighted by molar-refractivity contribution is 0.0713. The Bertz CT molecular complexity index is 571. The Hall–Kier alpha value is -1.63. The standard InChI is InChI=1S/C11H15N3O3S/c1-8-7-18(16,17)5-4-14(8)11(15)9-6-13-3-2-10(9)12/h2-3,6,8H,4-5,7H2,1H3,(H2,12,13). The van der Waals surface area contributed by atoms with E-state index in [0.29, 0.717) is 11.3 Å². The van der Waals surface area contributed by atoms with Gasteiger partial charge in [-0.3, -0.25) is 9.78 Å². The molecule has 1 aliphatic heterocycles. The quantitative estimate of drug-likeness (QED) is 0.770. The molecule has 1 atom stereocenters. The van der Waals surface area contributed by atoms with Gasteiger partial charge in [-0.05, 0) is 13.0 Å². The van der Waals surface area contributed by atoms with Gasteiger partial charge < -0.3 is 10.6 Å². The van der Waals surface area contributed by atoms with Crippen molar-refractivity contribution in [2.24, 2.45) is 0 Å². The summed E-state index contributed by atoms with van der Waals surface area (Å²) in [4.78, 5) is 17.7. The number of nitrogens with zero attached hydrogens (tertiary/aromatic N) is 2. The van der Waals surface area contributed by atoms with Crippen molar-refractivity contribution in [1.29, 1.82) is 0 Å². The number of sulfone groups is 1. The fourth-order valence-corrected chi connectivity index (χ4v) is 3.60. The van der Waals surface area contributed by atoms with Crippen molar-refractivity contribution in [3.63, 3.8) is 0 Å². The molecule has 0 radical (unpaired) electrons. The molecule has 0 aromatic carbocycles. The number of carbonyl (C=O) groups is 1. The van der Waals surface area contributed by atoms with Crippen LogP contribution in [-0.4, -0.2) is 48.3 Å². The number of amides is 1. The smallest absolute Gasteiger partial charge is 0.257 e. The summed E-state index contributed by atoms with van der Waals surface area (Å²) in [5.41, 5.74) is 6.40. The Morgan fingerprint density at radius 2 is 2.28 bits per heavy atom. The van der Waals surface area contributed by atoms with E-state index in [2.05, 4.69) is 4.98 Å². The van der Waals surface area contributed by atoms with Crippen LogP contribution in [0.3, 0.4) is 0 Å². The molecule has 1 fully saturated rings. The average molecular weight is 269 g/mol. The van der Waals surface area contributed by atoms with Gasteiger partial charge in [0.1, 0.15) is 0 Å². The van der Waals surface area contributed by atoms with Gasteiger partial charge in [-0.15, -0.1) is 0 Å². The fourth-order valence-electron chi connectivity index (χ4n) is 2.04. The monoisotopic (exact) mass is 269 g/mol. The molecule has 0 spiro atoms. The molecule has 6 nitrogen and oxygen atoms in total. The maximum Gasteiger partial charge on any atom is 0.257 e. The van der Waals surface area contributed by atoms with Crippen molar-refractivity contribution < 1.29 is 13.2 Å². The van der Waals surface area contributed by atoms with E-state index < -0.39 is 9.84 Å². The summed E-state index contributed by atoms with van der Waals surface area (Å²) in [6.07, 6.45) is 2.92. The largest absolute Gasteiger partial charge is 0.398 e. The molecule has 1 unspecified atom stereocenters. The minimum atomic E-state index is -3.03. The second-order valence-corrected chi connectivity index (χ2v) is 6.65. The Morgan fingerprint density at radius 1 is 1.56 bits per heavy atom. The first-order chi connectivity index (χ1) is 8.41. The fraction of sp³-hybridized carbons (Fsp3) is 0.455. The van der Waals surface area contributed by atoms with E-state index in [-0.39, 0.29) is 30.0 Å². The summed E-state index contributed by atoms with van der Waals surface area (Å²) in [5, 5.41) is 0. The van der Waals surface area contributed by atoms with Crippen molar-refractivity contribution in [3.05, 3.63) is 24.0 Å². The van der Waals surface area contributed by atoms with Crippen LogP contribution in [0.25, 0.3) is 0 Å². The summed E-state index contributed by atoms with van der Waals surface area (Å²) in [6, 6.07) is 1.22. The highest BCUT2D eigenvalue weighted by Gasteiger charge is 2.32. The second-order valence-electron chi connectivity index (χ2n) is 4.42. The summed E-state index contributed by atoms with van der Waals surface area (Å²) in [7, 11) is -3.03. The number of pyridine rings is 1. The molecule has 0 bridgehead atoms. The topological polar surface area (TPSA) is 93.4 Å². The number of nitrogens with two attached hydrogens (primary N) is 1. The molecule has 2 heterocycles. The van der Waals surface area contributed by atoms with E-state index in [0.717, 1.165) is 0 Å². The van der Waals surface area contributed by atoms with Crippen molar-refractivity contribution >= 4 is 21.4 Å². The minimum absolute atomic E-state index is 0.00108. The second kappa shape index (κ2) is 4.56. The van der Waals surface area contributed by atoms with Crippen LogP contribution in [0.1, 0.15) is 17.3 Å². The van der Waals surface area contributed by atoms with Crippen LogP contribution in [0.5, 0.6) is 0 Å². The Morgan fingerprint density at radius 3 is 2.89 bits per heavy atom.